The van der Waals surface area contributed by atoms with Gasteiger partial charge in [-0.2, -0.15) is 0 Å². The van der Waals surface area contributed by atoms with Crippen LogP contribution in [0, 0.1) is 5.92 Å². The number of hydrogen-bond acceptors (Lipinski definition) is 3. The fourth-order valence-electron chi connectivity index (χ4n) is 1.48. The molecule has 90 valence electrons. The highest BCUT2D eigenvalue weighted by Crippen LogP contribution is 2.08. The van der Waals surface area contributed by atoms with Crippen LogP contribution in [0.15, 0.2) is 0 Å². The first kappa shape index (κ1) is 14.7. The summed E-state index contributed by atoms with van der Waals surface area (Å²) in [6.45, 7) is 6.68. The van der Waals surface area contributed by atoms with Crippen LogP contribution in [0.4, 0.5) is 0 Å². The first-order valence-corrected chi connectivity index (χ1v) is 5.25. The summed E-state index contributed by atoms with van der Waals surface area (Å²) in [6.07, 6.45) is 0.928. The van der Waals surface area contributed by atoms with Crippen LogP contribution in [0.5, 0.6) is 0 Å². The maximum Gasteiger partial charge on any atom is 0.227 e. The average molecular weight is 237 g/mol. The highest BCUT2D eigenvalue weighted by Gasteiger charge is 2.23. The van der Waals surface area contributed by atoms with Crippen molar-refractivity contribution in [3.63, 3.8) is 0 Å². The predicted octanol–water partition coefficient (Wildman–Crippen LogP) is 0.640. The van der Waals surface area contributed by atoms with Crippen molar-refractivity contribution in [3.8, 4) is 0 Å². The maximum absolute atomic E-state index is 11.9. The van der Waals surface area contributed by atoms with E-state index in [9.17, 15) is 4.79 Å². The van der Waals surface area contributed by atoms with Gasteiger partial charge in [0.25, 0.3) is 0 Å². The summed E-state index contributed by atoms with van der Waals surface area (Å²) in [7, 11) is 0. The van der Waals surface area contributed by atoms with Crippen molar-refractivity contribution in [1.29, 1.82) is 0 Å². The van der Waals surface area contributed by atoms with Crippen molar-refractivity contribution in [2.24, 2.45) is 11.7 Å². The van der Waals surface area contributed by atoms with Crippen molar-refractivity contribution in [2.45, 2.75) is 26.3 Å². The molecule has 4 nitrogen and oxygen atoms in total. The summed E-state index contributed by atoms with van der Waals surface area (Å²) in [4.78, 5) is 13.7. The van der Waals surface area contributed by atoms with Gasteiger partial charge in [-0.25, -0.2) is 0 Å². The average Bonchev–Trinajstić information content (AvgIpc) is 2.43. The first-order valence-electron chi connectivity index (χ1n) is 5.25. The summed E-state index contributed by atoms with van der Waals surface area (Å²) in [5.74, 6) is 0.0681. The number of halogens is 1. The van der Waals surface area contributed by atoms with Crippen LogP contribution in [0.1, 0.15) is 20.3 Å². The van der Waals surface area contributed by atoms with Crippen LogP contribution in [-0.2, 0) is 9.53 Å². The van der Waals surface area contributed by atoms with Crippen molar-refractivity contribution in [2.75, 3.05) is 26.3 Å². The first-order chi connectivity index (χ1) is 6.63. The number of amides is 1. The van der Waals surface area contributed by atoms with E-state index in [1.165, 1.54) is 0 Å². The fourth-order valence-corrected chi connectivity index (χ4v) is 1.48. The molecule has 1 aliphatic heterocycles. The maximum atomic E-state index is 11.9. The SMILES string of the molecule is CC(N)C(C)C(=O)N1CCCOCC1.Cl. The van der Waals surface area contributed by atoms with Gasteiger partial charge in [-0.15, -0.1) is 12.4 Å². The second-order valence-corrected chi connectivity index (χ2v) is 3.94. The zero-order chi connectivity index (χ0) is 10.6. The lowest BCUT2D eigenvalue weighted by Gasteiger charge is -2.25. The smallest absolute Gasteiger partial charge is 0.227 e. The largest absolute Gasteiger partial charge is 0.380 e. The van der Waals surface area contributed by atoms with Crippen molar-refractivity contribution < 1.29 is 9.53 Å². The molecular weight excluding hydrogens is 216 g/mol. The standard InChI is InChI=1S/C10H20N2O2.ClH/c1-8(9(2)11)10(13)12-4-3-6-14-7-5-12;/h8-9H,3-7,11H2,1-2H3;1H. The van der Waals surface area contributed by atoms with Gasteiger partial charge in [-0.05, 0) is 13.3 Å². The summed E-state index contributed by atoms with van der Waals surface area (Å²) < 4.78 is 5.29. The normalized spacial score (nSPS) is 21.1. The molecule has 1 rings (SSSR count). The quantitative estimate of drug-likeness (QED) is 0.766. The molecular formula is C10H21ClN2O2. The van der Waals surface area contributed by atoms with Crippen LogP contribution in [0.3, 0.4) is 0 Å². The van der Waals surface area contributed by atoms with Crippen LogP contribution < -0.4 is 5.73 Å². The predicted molar refractivity (Wildman–Crippen MR) is 62.1 cm³/mol. The molecule has 2 atom stereocenters. The second-order valence-electron chi connectivity index (χ2n) is 3.94. The molecule has 1 fully saturated rings. The van der Waals surface area contributed by atoms with Gasteiger partial charge in [0.1, 0.15) is 0 Å². The Hall–Kier alpha value is -0.320. The van der Waals surface area contributed by atoms with Gasteiger partial charge in [0.2, 0.25) is 5.91 Å². The Balaban J connectivity index is 0.00000196. The van der Waals surface area contributed by atoms with Gasteiger partial charge in [-0.3, -0.25) is 4.79 Å². The van der Waals surface area contributed by atoms with Gasteiger partial charge in [0.05, 0.1) is 12.5 Å². The van der Waals surface area contributed by atoms with E-state index in [-0.39, 0.29) is 30.3 Å². The number of nitrogens with two attached hydrogens (primary N) is 1. The Kier molecular flexibility index (Phi) is 6.89. The van der Waals surface area contributed by atoms with E-state index in [0.717, 1.165) is 19.6 Å². The fraction of sp³-hybridized carbons (Fsp3) is 0.900. The van der Waals surface area contributed by atoms with Gasteiger partial charge >= 0.3 is 0 Å². The number of rotatable bonds is 2. The molecule has 0 aromatic heterocycles. The zero-order valence-electron chi connectivity index (χ0n) is 9.44. The Morgan fingerprint density at radius 2 is 2.00 bits per heavy atom. The molecule has 0 aromatic carbocycles. The molecule has 2 unspecified atom stereocenters. The lowest BCUT2D eigenvalue weighted by atomic mass is 10.0. The van der Waals surface area contributed by atoms with E-state index in [2.05, 4.69) is 0 Å². The van der Waals surface area contributed by atoms with Gasteiger partial charge in [-0.1, -0.05) is 6.92 Å². The number of hydrogen-bond donors (Lipinski definition) is 1. The third-order valence-electron chi connectivity index (χ3n) is 2.71. The van der Waals surface area contributed by atoms with Crippen LogP contribution in [0.25, 0.3) is 0 Å². The van der Waals surface area contributed by atoms with Crippen molar-refractivity contribution in [1.82, 2.24) is 4.90 Å². The minimum Gasteiger partial charge on any atom is -0.380 e. The molecule has 5 heteroatoms. The summed E-state index contributed by atoms with van der Waals surface area (Å²) >= 11 is 0. The summed E-state index contributed by atoms with van der Waals surface area (Å²) in [5.41, 5.74) is 5.70. The van der Waals surface area contributed by atoms with E-state index in [1.807, 2.05) is 18.7 Å². The molecule has 0 saturated carbocycles. The minimum absolute atomic E-state index is 0. The Morgan fingerprint density at radius 3 is 2.60 bits per heavy atom. The molecule has 1 aliphatic rings. The van der Waals surface area contributed by atoms with Crippen LogP contribution >= 0.6 is 12.4 Å². The van der Waals surface area contributed by atoms with E-state index in [1.54, 1.807) is 0 Å². The van der Waals surface area contributed by atoms with Crippen molar-refractivity contribution in [3.05, 3.63) is 0 Å². The number of ether oxygens (including phenoxy) is 1. The molecule has 15 heavy (non-hydrogen) atoms. The Labute approximate surface area is 97.5 Å². The summed E-state index contributed by atoms with van der Waals surface area (Å²) in [5, 5.41) is 0. The monoisotopic (exact) mass is 236 g/mol. The molecule has 0 aromatic rings. The Bertz CT molecular complexity index is 192. The molecule has 0 spiro atoms. The Morgan fingerprint density at radius 1 is 1.33 bits per heavy atom. The summed E-state index contributed by atoms with van der Waals surface area (Å²) in [6, 6.07) is -0.0772. The van der Waals surface area contributed by atoms with Crippen LogP contribution in [0.2, 0.25) is 0 Å². The van der Waals surface area contributed by atoms with E-state index in [0.29, 0.717) is 13.2 Å². The topological polar surface area (TPSA) is 55.6 Å². The number of carbonyl (C=O) groups is 1. The molecule has 1 heterocycles. The lowest BCUT2D eigenvalue weighted by Crippen LogP contribution is -2.42. The van der Waals surface area contributed by atoms with E-state index >= 15 is 0 Å². The molecule has 0 bridgehead atoms. The van der Waals surface area contributed by atoms with Gasteiger partial charge in [0, 0.05) is 25.7 Å². The molecule has 0 radical (unpaired) electrons. The zero-order valence-corrected chi connectivity index (χ0v) is 10.3. The molecule has 1 amide bonds. The van der Waals surface area contributed by atoms with Crippen LogP contribution in [-0.4, -0.2) is 43.2 Å². The third kappa shape index (κ3) is 4.36. The third-order valence-corrected chi connectivity index (χ3v) is 2.71. The highest BCUT2D eigenvalue weighted by atomic mass is 35.5. The molecule has 1 saturated heterocycles. The highest BCUT2D eigenvalue weighted by molar-refractivity contribution is 5.85. The minimum atomic E-state index is -0.0897. The van der Waals surface area contributed by atoms with Gasteiger partial charge < -0.3 is 15.4 Å². The van der Waals surface area contributed by atoms with E-state index in [4.69, 9.17) is 10.5 Å². The second kappa shape index (κ2) is 7.04. The number of carbonyl (C=O) groups excluding carboxylic acids is 1. The lowest BCUT2D eigenvalue weighted by molar-refractivity contribution is -0.135. The molecule has 0 aliphatic carbocycles. The van der Waals surface area contributed by atoms with Gasteiger partial charge in [0.15, 0.2) is 0 Å². The molecule has 2 N–H and O–H groups in total. The van der Waals surface area contributed by atoms with E-state index < -0.39 is 0 Å². The number of nitrogens with zero attached hydrogens (tertiary/aromatic N) is 1. The van der Waals surface area contributed by atoms with Crippen molar-refractivity contribution >= 4 is 18.3 Å².